The van der Waals surface area contributed by atoms with Gasteiger partial charge < -0.3 is 9.97 Å². The highest BCUT2D eigenvalue weighted by atomic mass is 16.1. The first kappa shape index (κ1) is 12.1. The van der Waals surface area contributed by atoms with Crippen LogP contribution >= 0.6 is 0 Å². The Kier molecular flexibility index (Phi) is 2.42. The third-order valence-electron chi connectivity index (χ3n) is 2.81. The Morgan fingerprint density at radius 3 is 1.68 bits per heavy atom. The number of hydrogen-bond acceptors (Lipinski definition) is 8. The van der Waals surface area contributed by atoms with Crippen molar-refractivity contribution in [1.29, 1.82) is 0 Å². The Morgan fingerprint density at radius 1 is 0.773 bits per heavy atom. The van der Waals surface area contributed by atoms with Crippen LogP contribution < -0.4 is 11.1 Å². The van der Waals surface area contributed by atoms with Gasteiger partial charge in [-0.3, -0.25) is 19.6 Å². The Hall–Kier alpha value is -3.70. The predicted molar refractivity (Wildman–Crippen MR) is 73.2 cm³/mol. The molecular weight excluding hydrogens is 292 g/mol. The van der Waals surface area contributed by atoms with Crippen LogP contribution in [0.4, 0.5) is 11.9 Å². The summed E-state index contributed by atoms with van der Waals surface area (Å²) in [4.78, 5) is 49.3. The fraction of sp³-hybridized carbons (Fsp3) is 0. The molecule has 0 unspecified atom stereocenters. The Balaban J connectivity index is 1.78. The van der Waals surface area contributed by atoms with Crippen LogP contribution in [0.25, 0.3) is 22.3 Å². The molecule has 12 heteroatoms. The van der Waals surface area contributed by atoms with E-state index in [-0.39, 0.29) is 34.2 Å². The van der Waals surface area contributed by atoms with Gasteiger partial charge in [-0.15, -0.1) is 10.2 Å². The summed E-state index contributed by atoms with van der Waals surface area (Å²) in [6, 6.07) is 0. The van der Waals surface area contributed by atoms with Crippen LogP contribution in [0.15, 0.2) is 32.5 Å². The van der Waals surface area contributed by atoms with Crippen LogP contribution in [0.5, 0.6) is 0 Å². The normalized spacial score (nSPS) is 11.8. The van der Waals surface area contributed by atoms with Gasteiger partial charge in [-0.1, -0.05) is 0 Å². The van der Waals surface area contributed by atoms with E-state index in [9.17, 15) is 9.59 Å². The van der Waals surface area contributed by atoms with Crippen molar-refractivity contribution in [3.05, 3.63) is 33.4 Å². The van der Waals surface area contributed by atoms with E-state index in [0.717, 1.165) is 0 Å². The van der Waals surface area contributed by atoms with E-state index >= 15 is 0 Å². The van der Waals surface area contributed by atoms with Gasteiger partial charge >= 0.3 is 0 Å². The molecule has 0 aromatic carbocycles. The first-order valence-electron chi connectivity index (χ1n) is 5.99. The number of H-pyrrole nitrogens is 4. The molecule has 22 heavy (non-hydrogen) atoms. The first-order chi connectivity index (χ1) is 10.7. The topological polar surface area (TPSA) is 174 Å². The summed E-state index contributed by atoms with van der Waals surface area (Å²) in [6.45, 7) is 0. The highest BCUT2D eigenvalue weighted by molar-refractivity contribution is 5.69. The maximum Gasteiger partial charge on any atom is 0.278 e. The second kappa shape index (κ2) is 4.41. The van der Waals surface area contributed by atoms with E-state index in [1.54, 1.807) is 0 Å². The van der Waals surface area contributed by atoms with Crippen molar-refractivity contribution in [3.63, 3.8) is 0 Å². The van der Waals surface area contributed by atoms with Gasteiger partial charge in [-0.2, -0.15) is 9.97 Å². The molecule has 4 heterocycles. The lowest BCUT2D eigenvalue weighted by atomic mass is 10.5. The molecule has 0 saturated carbocycles. The van der Waals surface area contributed by atoms with Crippen LogP contribution in [-0.4, -0.2) is 39.9 Å². The average Bonchev–Trinajstić information content (AvgIpc) is 3.13. The van der Waals surface area contributed by atoms with Gasteiger partial charge in [-0.25, -0.2) is 9.97 Å². The lowest BCUT2D eigenvalue weighted by molar-refractivity contribution is 1.01. The minimum absolute atomic E-state index is 0.0608. The molecule has 4 rings (SSSR count). The second-order valence-electron chi connectivity index (χ2n) is 4.18. The fourth-order valence-corrected chi connectivity index (χ4v) is 1.85. The van der Waals surface area contributed by atoms with Crippen molar-refractivity contribution in [2.75, 3.05) is 0 Å². The zero-order valence-corrected chi connectivity index (χ0v) is 10.7. The molecule has 0 spiro atoms. The zero-order chi connectivity index (χ0) is 15.1. The van der Waals surface area contributed by atoms with E-state index in [1.807, 2.05) is 0 Å². The van der Waals surface area contributed by atoms with E-state index in [2.05, 4.69) is 50.1 Å². The van der Waals surface area contributed by atoms with Crippen LogP contribution in [0, 0.1) is 0 Å². The van der Waals surface area contributed by atoms with Crippen molar-refractivity contribution in [1.82, 2.24) is 39.9 Å². The third-order valence-corrected chi connectivity index (χ3v) is 2.81. The molecule has 0 amide bonds. The minimum Gasteiger partial charge on any atom is -0.339 e. The van der Waals surface area contributed by atoms with Gasteiger partial charge in [0.05, 0.1) is 12.7 Å². The van der Waals surface area contributed by atoms with E-state index in [1.165, 1.54) is 12.7 Å². The molecule has 4 N–H and O–H groups in total. The van der Waals surface area contributed by atoms with E-state index in [0.29, 0.717) is 0 Å². The van der Waals surface area contributed by atoms with Crippen molar-refractivity contribution in [2.24, 2.45) is 10.2 Å². The highest BCUT2D eigenvalue weighted by Gasteiger charge is 2.07. The summed E-state index contributed by atoms with van der Waals surface area (Å²) in [5.41, 5.74) is 0.0389. The number of rotatable bonds is 2. The Bertz CT molecular complexity index is 1040. The summed E-state index contributed by atoms with van der Waals surface area (Å²) in [5.74, 6) is -0.122. The maximum absolute atomic E-state index is 11.7. The number of fused-ring (bicyclic) bond motifs is 2. The van der Waals surface area contributed by atoms with Gasteiger partial charge in [0, 0.05) is 0 Å². The maximum atomic E-state index is 11.7. The number of hydrogen-bond donors (Lipinski definition) is 4. The molecule has 0 aliphatic heterocycles. The summed E-state index contributed by atoms with van der Waals surface area (Å²) in [6.07, 6.45) is 2.69. The Labute approximate surface area is 118 Å². The smallest absolute Gasteiger partial charge is 0.278 e. The minimum atomic E-state index is -0.430. The number of aromatic amines is 4. The van der Waals surface area contributed by atoms with Crippen molar-refractivity contribution in [3.8, 4) is 0 Å². The lowest BCUT2D eigenvalue weighted by Crippen LogP contribution is -2.07. The summed E-state index contributed by atoms with van der Waals surface area (Å²) >= 11 is 0. The van der Waals surface area contributed by atoms with Crippen LogP contribution in [0.2, 0.25) is 0 Å². The van der Waals surface area contributed by atoms with Gasteiger partial charge in [0.1, 0.15) is 0 Å². The quantitative estimate of drug-likeness (QED) is 0.379. The van der Waals surface area contributed by atoms with Gasteiger partial charge in [0.2, 0.25) is 0 Å². The molecule has 12 nitrogen and oxygen atoms in total. The predicted octanol–water partition coefficient (Wildman–Crippen LogP) is 0.0212. The third kappa shape index (κ3) is 1.86. The Morgan fingerprint density at radius 2 is 1.23 bits per heavy atom. The molecule has 4 aromatic rings. The van der Waals surface area contributed by atoms with Crippen molar-refractivity contribution in [2.45, 2.75) is 0 Å². The number of azo groups is 1. The van der Waals surface area contributed by atoms with Crippen molar-refractivity contribution < 1.29 is 0 Å². The van der Waals surface area contributed by atoms with Crippen molar-refractivity contribution >= 4 is 34.2 Å². The van der Waals surface area contributed by atoms with Gasteiger partial charge in [0.25, 0.3) is 23.0 Å². The molecule has 0 bridgehead atoms. The summed E-state index contributed by atoms with van der Waals surface area (Å²) < 4.78 is 0. The summed E-state index contributed by atoms with van der Waals surface area (Å²) in [7, 11) is 0. The largest absolute Gasteiger partial charge is 0.339 e. The molecule has 0 aliphatic carbocycles. The van der Waals surface area contributed by atoms with Crippen LogP contribution in [0.3, 0.4) is 0 Å². The lowest BCUT2D eigenvalue weighted by Gasteiger charge is -1.93. The number of nitrogens with one attached hydrogen (secondary N) is 4. The fourth-order valence-electron chi connectivity index (χ4n) is 1.85. The molecule has 108 valence electrons. The first-order valence-corrected chi connectivity index (χ1v) is 5.99. The van der Waals surface area contributed by atoms with Gasteiger partial charge in [0.15, 0.2) is 22.3 Å². The monoisotopic (exact) mass is 298 g/mol. The SMILES string of the molecule is O=c1[nH]c(/N=N/c2nc3nc[nH]c3c(=O)[nH]2)nc2nc[nH]c12. The summed E-state index contributed by atoms with van der Waals surface area (Å²) in [5, 5.41) is 7.47. The number of aromatic nitrogens is 8. The standard InChI is InChI=1S/C10H6N10O2/c21-7-3-5(13-1-11-3)15-9(17-7)19-20-10-16-6-4(8(22)18-10)12-2-14-6/h1-2H,(H2,11,13,15,17,21)(H2,12,14,16,18,22)/b20-19+. The highest BCUT2D eigenvalue weighted by Crippen LogP contribution is 2.11. The molecule has 0 fully saturated rings. The molecule has 0 radical (unpaired) electrons. The van der Waals surface area contributed by atoms with E-state index < -0.39 is 11.1 Å². The number of nitrogens with zero attached hydrogens (tertiary/aromatic N) is 6. The second-order valence-corrected chi connectivity index (χ2v) is 4.18. The molecular formula is C10H6N10O2. The van der Waals surface area contributed by atoms with Gasteiger partial charge in [-0.05, 0) is 0 Å². The molecule has 0 saturated heterocycles. The molecule has 4 aromatic heterocycles. The van der Waals surface area contributed by atoms with E-state index in [4.69, 9.17) is 0 Å². The molecule has 0 atom stereocenters. The van der Waals surface area contributed by atoms with Crippen LogP contribution in [-0.2, 0) is 0 Å². The molecule has 0 aliphatic rings. The van der Waals surface area contributed by atoms with Crippen LogP contribution in [0.1, 0.15) is 0 Å². The average molecular weight is 298 g/mol. The zero-order valence-electron chi connectivity index (χ0n) is 10.7. The number of imidazole rings is 2.